The van der Waals surface area contributed by atoms with Gasteiger partial charge in [-0.3, -0.25) is 0 Å². The van der Waals surface area contributed by atoms with Crippen molar-refractivity contribution in [3.05, 3.63) is 60.2 Å². The van der Waals surface area contributed by atoms with Gasteiger partial charge in [-0.2, -0.15) is 0 Å². The second kappa shape index (κ2) is 6.03. The van der Waals surface area contributed by atoms with Crippen molar-refractivity contribution in [2.24, 2.45) is 0 Å². The van der Waals surface area contributed by atoms with Gasteiger partial charge >= 0.3 is 0 Å². The molecule has 0 saturated heterocycles. The summed E-state index contributed by atoms with van der Waals surface area (Å²) in [6.45, 7) is 0.0881. The first kappa shape index (κ1) is 13.1. The Balaban J connectivity index is 1.74. The summed E-state index contributed by atoms with van der Waals surface area (Å²) in [4.78, 5) is 4.54. The predicted molar refractivity (Wildman–Crippen MR) is 84.3 cm³/mol. The Labute approximate surface area is 121 Å². The van der Waals surface area contributed by atoms with E-state index in [0.29, 0.717) is 0 Å². The van der Waals surface area contributed by atoms with E-state index in [1.807, 2.05) is 36.4 Å². The molecule has 0 spiro atoms. The standard InChI is InChI=1S/C16H16N2OS/c19-11-13(10-12-6-2-1-3-7-12)17-16-18-14-8-4-5-9-15(14)20-16/h1-9,13,19H,10-11H2,(H,17,18). The molecule has 0 aliphatic heterocycles. The monoisotopic (exact) mass is 284 g/mol. The summed E-state index contributed by atoms with van der Waals surface area (Å²) in [6, 6.07) is 18.2. The number of nitrogens with zero attached hydrogens (tertiary/aromatic N) is 1. The fourth-order valence-corrected chi connectivity index (χ4v) is 3.11. The highest BCUT2D eigenvalue weighted by Crippen LogP contribution is 2.26. The Morgan fingerprint density at radius 3 is 2.55 bits per heavy atom. The smallest absolute Gasteiger partial charge is 0.184 e. The summed E-state index contributed by atoms with van der Waals surface area (Å²) >= 11 is 1.62. The number of fused-ring (bicyclic) bond motifs is 1. The van der Waals surface area contributed by atoms with Gasteiger partial charge in [0, 0.05) is 0 Å². The van der Waals surface area contributed by atoms with Crippen LogP contribution in [0.2, 0.25) is 0 Å². The van der Waals surface area contributed by atoms with Crippen LogP contribution in [0, 0.1) is 0 Å². The molecule has 0 saturated carbocycles. The Hall–Kier alpha value is -1.91. The van der Waals surface area contributed by atoms with Gasteiger partial charge in [-0.25, -0.2) is 4.98 Å². The predicted octanol–water partition coefficient (Wildman–Crippen LogP) is 3.31. The molecular weight excluding hydrogens is 268 g/mol. The highest BCUT2D eigenvalue weighted by molar-refractivity contribution is 7.22. The lowest BCUT2D eigenvalue weighted by Crippen LogP contribution is -2.26. The minimum Gasteiger partial charge on any atom is -0.394 e. The molecule has 1 atom stereocenters. The summed E-state index contributed by atoms with van der Waals surface area (Å²) in [5.74, 6) is 0. The van der Waals surface area contributed by atoms with Gasteiger partial charge in [0.05, 0.1) is 22.9 Å². The normalized spacial score (nSPS) is 12.4. The van der Waals surface area contributed by atoms with Gasteiger partial charge in [0.2, 0.25) is 0 Å². The SMILES string of the molecule is OCC(Cc1ccccc1)Nc1nc2ccccc2s1. The van der Waals surface area contributed by atoms with Gasteiger partial charge in [0.25, 0.3) is 0 Å². The molecule has 2 aromatic carbocycles. The second-order valence-corrected chi connectivity index (χ2v) is 5.73. The van der Waals surface area contributed by atoms with Crippen LogP contribution < -0.4 is 5.32 Å². The van der Waals surface area contributed by atoms with Crippen molar-refractivity contribution in [1.82, 2.24) is 4.98 Å². The first-order valence-electron chi connectivity index (χ1n) is 6.62. The van der Waals surface area contributed by atoms with Crippen molar-refractivity contribution in [3.63, 3.8) is 0 Å². The molecule has 0 aliphatic rings. The van der Waals surface area contributed by atoms with Crippen LogP contribution in [0.4, 0.5) is 5.13 Å². The molecule has 3 nitrogen and oxygen atoms in total. The maximum atomic E-state index is 9.54. The minimum absolute atomic E-state index is 0.0158. The van der Waals surface area contributed by atoms with E-state index in [4.69, 9.17) is 0 Å². The molecule has 3 aromatic rings. The van der Waals surface area contributed by atoms with Crippen LogP contribution in [0.1, 0.15) is 5.56 Å². The molecule has 1 heterocycles. The maximum absolute atomic E-state index is 9.54. The summed E-state index contributed by atoms with van der Waals surface area (Å²) in [6.07, 6.45) is 0.785. The molecule has 3 rings (SSSR count). The number of rotatable bonds is 5. The van der Waals surface area contributed by atoms with Gasteiger partial charge in [-0.15, -0.1) is 0 Å². The van der Waals surface area contributed by atoms with E-state index in [-0.39, 0.29) is 12.6 Å². The van der Waals surface area contributed by atoms with Gasteiger partial charge in [0.1, 0.15) is 0 Å². The van der Waals surface area contributed by atoms with Gasteiger partial charge in [0.15, 0.2) is 5.13 Å². The molecule has 102 valence electrons. The number of aliphatic hydroxyl groups excluding tert-OH is 1. The van der Waals surface area contributed by atoms with Crippen molar-refractivity contribution in [2.75, 3.05) is 11.9 Å². The van der Waals surface area contributed by atoms with E-state index >= 15 is 0 Å². The molecule has 0 amide bonds. The summed E-state index contributed by atoms with van der Waals surface area (Å²) in [5, 5.41) is 13.7. The van der Waals surface area contributed by atoms with E-state index in [9.17, 15) is 5.11 Å². The Morgan fingerprint density at radius 1 is 1.05 bits per heavy atom. The Kier molecular flexibility index (Phi) is 3.95. The molecule has 0 radical (unpaired) electrons. The number of para-hydroxylation sites is 1. The van der Waals surface area contributed by atoms with Crippen molar-refractivity contribution >= 4 is 26.7 Å². The molecule has 0 fully saturated rings. The number of aliphatic hydroxyl groups is 1. The van der Waals surface area contributed by atoms with Crippen LogP contribution >= 0.6 is 11.3 Å². The molecule has 4 heteroatoms. The topological polar surface area (TPSA) is 45.1 Å². The summed E-state index contributed by atoms with van der Waals surface area (Å²) in [5.41, 5.74) is 2.21. The number of anilines is 1. The third-order valence-corrected chi connectivity index (χ3v) is 4.13. The molecule has 0 bridgehead atoms. The molecule has 2 N–H and O–H groups in total. The Bertz CT molecular complexity index is 648. The third-order valence-electron chi connectivity index (χ3n) is 3.17. The van der Waals surface area contributed by atoms with Crippen molar-refractivity contribution in [1.29, 1.82) is 0 Å². The number of hydrogen-bond donors (Lipinski definition) is 2. The number of aromatic nitrogens is 1. The van der Waals surface area contributed by atoms with E-state index < -0.39 is 0 Å². The molecule has 1 aromatic heterocycles. The lowest BCUT2D eigenvalue weighted by molar-refractivity contribution is 0.273. The zero-order valence-corrected chi connectivity index (χ0v) is 11.8. The summed E-state index contributed by atoms with van der Waals surface area (Å²) in [7, 11) is 0. The Morgan fingerprint density at radius 2 is 1.80 bits per heavy atom. The number of hydrogen-bond acceptors (Lipinski definition) is 4. The van der Waals surface area contributed by atoms with E-state index in [0.717, 1.165) is 21.8 Å². The second-order valence-electron chi connectivity index (χ2n) is 4.70. The quantitative estimate of drug-likeness (QED) is 0.755. The first-order valence-corrected chi connectivity index (χ1v) is 7.43. The highest BCUT2D eigenvalue weighted by atomic mass is 32.1. The van der Waals surface area contributed by atoms with Crippen LogP contribution in [0.15, 0.2) is 54.6 Å². The average molecular weight is 284 g/mol. The number of thiazole rings is 1. The molecule has 1 unspecified atom stereocenters. The number of benzene rings is 2. The zero-order chi connectivity index (χ0) is 13.8. The summed E-state index contributed by atoms with van der Waals surface area (Å²) < 4.78 is 1.16. The van der Waals surface area contributed by atoms with Crippen LogP contribution in [-0.4, -0.2) is 22.7 Å². The molecule has 20 heavy (non-hydrogen) atoms. The van der Waals surface area contributed by atoms with Crippen LogP contribution in [0.3, 0.4) is 0 Å². The van der Waals surface area contributed by atoms with Gasteiger partial charge in [-0.1, -0.05) is 53.8 Å². The minimum atomic E-state index is -0.0158. The fourth-order valence-electron chi connectivity index (χ4n) is 2.17. The van der Waals surface area contributed by atoms with Crippen molar-refractivity contribution in [3.8, 4) is 0 Å². The molecule has 0 aliphatic carbocycles. The van der Waals surface area contributed by atoms with Gasteiger partial charge < -0.3 is 10.4 Å². The van der Waals surface area contributed by atoms with Crippen molar-refractivity contribution in [2.45, 2.75) is 12.5 Å². The first-order chi connectivity index (χ1) is 9.85. The zero-order valence-electron chi connectivity index (χ0n) is 11.0. The highest BCUT2D eigenvalue weighted by Gasteiger charge is 2.11. The van der Waals surface area contributed by atoms with E-state index in [1.165, 1.54) is 5.56 Å². The van der Waals surface area contributed by atoms with Crippen LogP contribution in [0.25, 0.3) is 10.2 Å². The van der Waals surface area contributed by atoms with E-state index in [1.54, 1.807) is 11.3 Å². The third kappa shape index (κ3) is 2.98. The van der Waals surface area contributed by atoms with E-state index in [2.05, 4.69) is 28.5 Å². The van der Waals surface area contributed by atoms with Crippen LogP contribution in [0.5, 0.6) is 0 Å². The molecular formula is C16H16N2OS. The maximum Gasteiger partial charge on any atom is 0.184 e. The number of nitrogens with one attached hydrogen (secondary N) is 1. The lowest BCUT2D eigenvalue weighted by atomic mass is 10.1. The van der Waals surface area contributed by atoms with Gasteiger partial charge in [-0.05, 0) is 24.1 Å². The average Bonchev–Trinajstić information content (AvgIpc) is 2.90. The lowest BCUT2D eigenvalue weighted by Gasteiger charge is -2.15. The fraction of sp³-hybridized carbons (Fsp3) is 0.188. The van der Waals surface area contributed by atoms with Crippen molar-refractivity contribution < 1.29 is 5.11 Å². The largest absolute Gasteiger partial charge is 0.394 e. The van der Waals surface area contributed by atoms with Crippen LogP contribution in [-0.2, 0) is 6.42 Å².